The summed E-state index contributed by atoms with van der Waals surface area (Å²) < 4.78 is 39.1. The van der Waals surface area contributed by atoms with Crippen molar-refractivity contribution in [3.63, 3.8) is 0 Å². The van der Waals surface area contributed by atoms with Crippen LogP contribution in [0.4, 0.5) is 30.4 Å². The first-order chi connectivity index (χ1) is 12.0. The number of hydrogen-bond acceptors (Lipinski definition) is 4. The number of nitrogens with one attached hydrogen (secondary N) is 2. The van der Waals surface area contributed by atoms with Gasteiger partial charge in [0.25, 0.3) is 5.91 Å². The lowest BCUT2D eigenvalue weighted by Crippen LogP contribution is -2.14. The number of amides is 1. The Labute approximate surface area is 140 Å². The maximum Gasteiger partial charge on any atom is 0.276 e. The molecule has 0 spiro atoms. The van der Waals surface area contributed by atoms with Crippen LogP contribution in [0.25, 0.3) is 0 Å². The number of carbonyl (C=O) groups excluding carboxylic acids is 1. The monoisotopic (exact) mass is 344 g/mol. The van der Waals surface area contributed by atoms with Gasteiger partial charge in [-0.05, 0) is 42.5 Å². The van der Waals surface area contributed by atoms with E-state index in [0.717, 1.165) is 12.1 Å². The molecule has 3 aromatic rings. The van der Waals surface area contributed by atoms with E-state index < -0.39 is 23.4 Å². The molecule has 2 N–H and O–H groups in total. The van der Waals surface area contributed by atoms with Crippen molar-refractivity contribution in [1.82, 2.24) is 10.2 Å². The van der Waals surface area contributed by atoms with E-state index in [2.05, 4.69) is 20.8 Å². The summed E-state index contributed by atoms with van der Waals surface area (Å²) in [5.41, 5.74) is 0.584. The molecule has 0 fully saturated rings. The molecule has 0 saturated heterocycles. The van der Waals surface area contributed by atoms with Gasteiger partial charge in [0.1, 0.15) is 5.82 Å². The van der Waals surface area contributed by atoms with E-state index in [1.807, 2.05) is 0 Å². The third-order valence-electron chi connectivity index (χ3n) is 3.17. The van der Waals surface area contributed by atoms with Crippen molar-refractivity contribution in [1.29, 1.82) is 0 Å². The second kappa shape index (κ2) is 7.00. The van der Waals surface area contributed by atoms with Crippen LogP contribution in [0.15, 0.2) is 54.6 Å². The topological polar surface area (TPSA) is 66.9 Å². The Morgan fingerprint density at radius 3 is 2.36 bits per heavy atom. The van der Waals surface area contributed by atoms with Crippen LogP contribution in [0.2, 0.25) is 0 Å². The number of rotatable bonds is 4. The smallest absolute Gasteiger partial charge is 0.276 e. The van der Waals surface area contributed by atoms with Crippen molar-refractivity contribution < 1.29 is 18.0 Å². The summed E-state index contributed by atoms with van der Waals surface area (Å²) in [6, 6.07) is 11.6. The average molecular weight is 344 g/mol. The minimum absolute atomic E-state index is 0.0140. The second-order valence-corrected chi connectivity index (χ2v) is 5.02. The maximum atomic E-state index is 13.2. The van der Waals surface area contributed by atoms with Crippen LogP contribution < -0.4 is 10.6 Å². The molecule has 1 amide bonds. The fourth-order valence-electron chi connectivity index (χ4n) is 2.00. The Bertz CT molecular complexity index is 916. The Morgan fingerprint density at radius 1 is 0.840 bits per heavy atom. The molecule has 5 nitrogen and oxygen atoms in total. The summed E-state index contributed by atoms with van der Waals surface area (Å²) in [5, 5.41) is 12.8. The SMILES string of the molecule is O=C(Nc1cccc(F)c1)c1ccc(Nc2ccc(F)c(F)c2)nn1. The van der Waals surface area contributed by atoms with Crippen LogP contribution in [0, 0.1) is 17.5 Å². The predicted octanol–water partition coefficient (Wildman–Crippen LogP) is 3.89. The molecule has 0 bridgehead atoms. The number of benzene rings is 2. The quantitative estimate of drug-likeness (QED) is 0.753. The number of aromatic nitrogens is 2. The molecule has 0 radical (unpaired) electrons. The van der Waals surface area contributed by atoms with Gasteiger partial charge in [0.15, 0.2) is 23.1 Å². The summed E-state index contributed by atoms with van der Waals surface area (Å²) in [6.07, 6.45) is 0. The van der Waals surface area contributed by atoms with Crippen LogP contribution in [-0.4, -0.2) is 16.1 Å². The molecule has 126 valence electrons. The van der Waals surface area contributed by atoms with E-state index in [4.69, 9.17) is 0 Å². The lowest BCUT2D eigenvalue weighted by Gasteiger charge is -2.07. The third-order valence-corrected chi connectivity index (χ3v) is 3.17. The van der Waals surface area contributed by atoms with Gasteiger partial charge in [0.2, 0.25) is 0 Å². The number of halogens is 3. The molecule has 8 heteroatoms. The number of anilines is 3. The van der Waals surface area contributed by atoms with Gasteiger partial charge in [-0.1, -0.05) is 6.07 Å². The summed E-state index contributed by atoms with van der Waals surface area (Å²) in [6.45, 7) is 0. The summed E-state index contributed by atoms with van der Waals surface area (Å²) >= 11 is 0. The van der Waals surface area contributed by atoms with Crippen molar-refractivity contribution in [3.05, 3.63) is 77.7 Å². The molecular weight excluding hydrogens is 333 g/mol. The Kier molecular flexibility index (Phi) is 4.60. The van der Waals surface area contributed by atoms with Crippen LogP contribution >= 0.6 is 0 Å². The van der Waals surface area contributed by atoms with Crippen LogP contribution in [0.1, 0.15) is 10.5 Å². The van der Waals surface area contributed by atoms with Crippen LogP contribution in [0.5, 0.6) is 0 Å². The largest absolute Gasteiger partial charge is 0.339 e. The molecule has 1 heterocycles. The first kappa shape index (κ1) is 16.4. The molecule has 2 aromatic carbocycles. The normalized spacial score (nSPS) is 10.4. The van der Waals surface area contributed by atoms with Crippen LogP contribution in [0.3, 0.4) is 0 Å². The van der Waals surface area contributed by atoms with Gasteiger partial charge in [-0.2, -0.15) is 0 Å². The minimum Gasteiger partial charge on any atom is -0.339 e. The first-order valence-corrected chi connectivity index (χ1v) is 7.14. The van der Waals surface area contributed by atoms with Crippen molar-refractivity contribution >= 4 is 23.1 Å². The molecule has 1 aromatic heterocycles. The van der Waals surface area contributed by atoms with Crippen molar-refractivity contribution in [2.24, 2.45) is 0 Å². The maximum absolute atomic E-state index is 13.2. The van der Waals surface area contributed by atoms with Gasteiger partial charge in [-0.15, -0.1) is 10.2 Å². The van der Waals surface area contributed by atoms with Crippen molar-refractivity contribution in [2.45, 2.75) is 0 Å². The molecule has 3 rings (SSSR count). The van der Waals surface area contributed by atoms with Crippen LogP contribution in [-0.2, 0) is 0 Å². The van der Waals surface area contributed by atoms with E-state index in [-0.39, 0.29) is 22.9 Å². The average Bonchev–Trinajstić information content (AvgIpc) is 2.59. The molecule has 0 aliphatic heterocycles. The van der Waals surface area contributed by atoms with Gasteiger partial charge in [-0.3, -0.25) is 4.79 Å². The lowest BCUT2D eigenvalue weighted by molar-refractivity contribution is 0.102. The van der Waals surface area contributed by atoms with Gasteiger partial charge in [-0.25, -0.2) is 13.2 Å². The Hall–Kier alpha value is -3.42. The summed E-state index contributed by atoms with van der Waals surface area (Å²) in [5.74, 6) is -2.74. The van der Waals surface area contributed by atoms with Gasteiger partial charge in [0, 0.05) is 17.4 Å². The summed E-state index contributed by atoms with van der Waals surface area (Å²) in [4.78, 5) is 12.0. The Morgan fingerprint density at radius 2 is 1.68 bits per heavy atom. The van der Waals surface area contributed by atoms with Gasteiger partial charge >= 0.3 is 0 Å². The molecule has 0 unspecified atom stereocenters. The molecule has 25 heavy (non-hydrogen) atoms. The highest BCUT2D eigenvalue weighted by molar-refractivity contribution is 6.02. The van der Waals surface area contributed by atoms with E-state index in [1.165, 1.54) is 42.5 Å². The highest BCUT2D eigenvalue weighted by Gasteiger charge is 2.10. The number of hydrogen-bond donors (Lipinski definition) is 2. The van der Waals surface area contributed by atoms with E-state index in [1.54, 1.807) is 0 Å². The zero-order valence-corrected chi connectivity index (χ0v) is 12.6. The molecular formula is C17H11F3N4O. The number of nitrogens with zero attached hydrogens (tertiary/aromatic N) is 2. The Balaban J connectivity index is 1.69. The lowest BCUT2D eigenvalue weighted by atomic mass is 10.3. The van der Waals surface area contributed by atoms with Gasteiger partial charge in [0.05, 0.1) is 0 Å². The standard InChI is InChI=1S/C17H11F3N4O/c18-10-2-1-3-11(8-10)22-17(25)15-6-7-16(24-23-15)21-12-4-5-13(19)14(20)9-12/h1-9H,(H,21,24)(H,22,25). The fourth-order valence-corrected chi connectivity index (χ4v) is 2.00. The fraction of sp³-hybridized carbons (Fsp3) is 0. The van der Waals surface area contributed by atoms with Crippen molar-refractivity contribution in [3.8, 4) is 0 Å². The van der Waals surface area contributed by atoms with E-state index >= 15 is 0 Å². The predicted molar refractivity (Wildman–Crippen MR) is 86.0 cm³/mol. The zero-order valence-electron chi connectivity index (χ0n) is 12.6. The summed E-state index contributed by atoms with van der Waals surface area (Å²) in [7, 11) is 0. The first-order valence-electron chi connectivity index (χ1n) is 7.14. The van der Waals surface area contributed by atoms with Gasteiger partial charge < -0.3 is 10.6 Å². The van der Waals surface area contributed by atoms with Crippen molar-refractivity contribution in [2.75, 3.05) is 10.6 Å². The molecule has 0 aliphatic rings. The molecule has 0 atom stereocenters. The van der Waals surface area contributed by atoms with E-state index in [9.17, 15) is 18.0 Å². The highest BCUT2D eigenvalue weighted by Crippen LogP contribution is 2.17. The minimum atomic E-state index is -0.996. The third kappa shape index (κ3) is 4.11. The number of carbonyl (C=O) groups is 1. The van der Waals surface area contributed by atoms with E-state index in [0.29, 0.717) is 0 Å². The molecule has 0 saturated carbocycles. The molecule has 0 aliphatic carbocycles. The highest BCUT2D eigenvalue weighted by atomic mass is 19.2. The zero-order chi connectivity index (χ0) is 17.8. The second-order valence-electron chi connectivity index (χ2n) is 5.02.